The molecule has 0 saturated heterocycles. The third kappa shape index (κ3) is 4.17. The molecule has 0 heterocycles. The van der Waals surface area contributed by atoms with Gasteiger partial charge in [0.25, 0.3) is 0 Å². The summed E-state index contributed by atoms with van der Waals surface area (Å²) in [4.78, 5) is 36.8. The molecule has 0 spiro atoms. The second kappa shape index (κ2) is 7.74. The van der Waals surface area contributed by atoms with Gasteiger partial charge in [-0.3, -0.25) is 14.4 Å². The van der Waals surface area contributed by atoms with Crippen LogP contribution >= 0.6 is 11.6 Å². The minimum atomic E-state index is -0.357. The summed E-state index contributed by atoms with van der Waals surface area (Å²) in [5.74, 6) is 1.38. The molecule has 4 fully saturated rings. The second-order valence-electron chi connectivity index (χ2n) is 8.71. The molecule has 7 heteroatoms. The molecule has 3 N–H and O–H groups in total. The van der Waals surface area contributed by atoms with E-state index in [0.717, 1.165) is 19.3 Å². The van der Waals surface area contributed by atoms with Gasteiger partial charge in [0.05, 0.1) is 13.1 Å². The maximum atomic E-state index is 12.8. The molecule has 4 aliphatic carbocycles. The highest BCUT2D eigenvalue weighted by atomic mass is 35.5. The van der Waals surface area contributed by atoms with Crippen molar-refractivity contribution in [3.05, 3.63) is 29.3 Å². The molecule has 6 nitrogen and oxygen atoms in total. The first-order valence-corrected chi connectivity index (χ1v) is 10.4. The van der Waals surface area contributed by atoms with Crippen LogP contribution in [0.2, 0.25) is 5.02 Å². The van der Waals surface area contributed by atoms with E-state index in [9.17, 15) is 14.4 Å². The van der Waals surface area contributed by atoms with Crippen molar-refractivity contribution in [2.45, 2.75) is 38.5 Å². The first-order chi connectivity index (χ1) is 13.4. The number of anilines is 1. The Bertz CT molecular complexity index is 742. The van der Waals surface area contributed by atoms with Crippen molar-refractivity contribution in [3.63, 3.8) is 0 Å². The van der Waals surface area contributed by atoms with Crippen molar-refractivity contribution in [1.29, 1.82) is 0 Å². The second-order valence-corrected chi connectivity index (χ2v) is 9.15. The zero-order valence-electron chi connectivity index (χ0n) is 15.8. The number of rotatable bonds is 6. The molecule has 5 rings (SSSR count). The predicted octanol–water partition coefficient (Wildman–Crippen LogP) is 2.73. The van der Waals surface area contributed by atoms with Crippen LogP contribution in [-0.4, -0.2) is 30.8 Å². The number of carbonyl (C=O) groups excluding carboxylic acids is 3. The third-order valence-electron chi connectivity index (χ3n) is 6.50. The van der Waals surface area contributed by atoms with Crippen molar-refractivity contribution in [2.24, 2.45) is 23.2 Å². The van der Waals surface area contributed by atoms with Gasteiger partial charge in [-0.1, -0.05) is 11.6 Å². The Hall–Kier alpha value is -2.08. The monoisotopic (exact) mass is 403 g/mol. The number of amides is 3. The largest absolute Gasteiger partial charge is 0.347 e. The first kappa shape index (κ1) is 19.2. The van der Waals surface area contributed by atoms with Gasteiger partial charge in [-0.25, -0.2) is 0 Å². The molecule has 4 bridgehead atoms. The van der Waals surface area contributed by atoms with Gasteiger partial charge in [0.15, 0.2) is 0 Å². The van der Waals surface area contributed by atoms with E-state index in [4.69, 9.17) is 11.6 Å². The van der Waals surface area contributed by atoms with Crippen molar-refractivity contribution >= 4 is 35.0 Å². The average Bonchev–Trinajstić information content (AvgIpc) is 2.65. The molecule has 0 atom stereocenters. The van der Waals surface area contributed by atoms with Crippen molar-refractivity contribution in [2.75, 3.05) is 18.4 Å². The van der Waals surface area contributed by atoms with Gasteiger partial charge in [0.2, 0.25) is 17.7 Å². The summed E-state index contributed by atoms with van der Waals surface area (Å²) >= 11 is 5.81. The highest BCUT2D eigenvalue weighted by molar-refractivity contribution is 6.30. The van der Waals surface area contributed by atoms with E-state index in [2.05, 4.69) is 16.0 Å². The molecule has 1 aromatic rings. The standard InChI is InChI=1S/C21H26ClN3O3/c22-16-1-3-17(4-2-16)25-19(27)12-23-18(26)11-24-20(28)21-8-13-5-14(9-21)7-15(6-13)10-21/h1-4,13-15H,5-12H2,(H,23,26)(H,24,28)(H,25,27). The van der Waals surface area contributed by atoms with E-state index < -0.39 is 0 Å². The lowest BCUT2D eigenvalue weighted by atomic mass is 9.49. The van der Waals surface area contributed by atoms with E-state index in [0.29, 0.717) is 28.5 Å². The molecule has 28 heavy (non-hydrogen) atoms. The van der Waals surface area contributed by atoms with E-state index in [1.165, 1.54) is 19.3 Å². The van der Waals surface area contributed by atoms with E-state index in [-0.39, 0.29) is 36.2 Å². The Kier molecular flexibility index (Phi) is 5.32. The molecule has 0 unspecified atom stereocenters. The quantitative estimate of drug-likeness (QED) is 0.682. The van der Waals surface area contributed by atoms with Crippen LogP contribution in [0.5, 0.6) is 0 Å². The summed E-state index contributed by atoms with van der Waals surface area (Å²) in [5, 5.41) is 8.64. The van der Waals surface area contributed by atoms with Gasteiger partial charge in [0, 0.05) is 16.1 Å². The maximum Gasteiger partial charge on any atom is 0.243 e. The lowest BCUT2D eigenvalue weighted by Crippen LogP contribution is -2.54. The maximum absolute atomic E-state index is 12.8. The van der Waals surface area contributed by atoms with Crippen molar-refractivity contribution in [1.82, 2.24) is 10.6 Å². The fourth-order valence-electron chi connectivity index (χ4n) is 5.72. The molecule has 0 aromatic heterocycles. The first-order valence-electron chi connectivity index (χ1n) is 10.0. The zero-order valence-corrected chi connectivity index (χ0v) is 16.6. The van der Waals surface area contributed by atoms with Crippen LogP contribution in [0.3, 0.4) is 0 Å². The molecular weight excluding hydrogens is 378 g/mol. The summed E-state index contributed by atoms with van der Waals surface area (Å²) in [7, 11) is 0. The summed E-state index contributed by atoms with van der Waals surface area (Å²) in [6.45, 7) is -0.233. The summed E-state index contributed by atoms with van der Waals surface area (Å²) < 4.78 is 0. The SMILES string of the molecule is O=C(CNC(=O)C12CC3CC(CC(C3)C1)C2)NCC(=O)Nc1ccc(Cl)cc1. The van der Waals surface area contributed by atoms with Crippen LogP contribution in [0, 0.1) is 23.2 Å². The third-order valence-corrected chi connectivity index (χ3v) is 6.76. The highest BCUT2D eigenvalue weighted by Crippen LogP contribution is 2.60. The van der Waals surface area contributed by atoms with Crippen LogP contribution < -0.4 is 16.0 Å². The summed E-state index contributed by atoms with van der Waals surface area (Å²) in [6.07, 6.45) is 6.73. The normalized spacial score (nSPS) is 30.0. The Labute approximate surface area is 169 Å². The predicted molar refractivity (Wildman–Crippen MR) is 107 cm³/mol. The topological polar surface area (TPSA) is 87.3 Å². The fraction of sp³-hybridized carbons (Fsp3) is 0.571. The van der Waals surface area contributed by atoms with Crippen LogP contribution in [0.15, 0.2) is 24.3 Å². The number of hydrogen-bond acceptors (Lipinski definition) is 3. The van der Waals surface area contributed by atoms with E-state index in [1.807, 2.05) is 0 Å². The minimum absolute atomic E-state index is 0.0207. The Morgan fingerprint density at radius 1 is 0.857 bits per heavy atom. The highest BCUT2D eigenvalue weighted by Gasteiger charge is 2.54. The zero-order chi connectivity index (χ0) is 19.7. The van der Waals surface area contributed by atoms with Crippen LogP contribution in [-0.2, 0) is 14.4 Å². The summed E-state index contributed by atoms with van der Waals surface area (Å²) in [5.41, 5.74) is 0.347. The number of hydrogen-bond donors (Lipinski definition) is 3. The Morgan fingerprint density at radius 3 is 1.96 bits per heavy atom. The van der Waals surface area contributed by atoms with Crippen molar-refractivity contribution in [3.8, 4) is 0 Å². The molecule has 3 amide bonds. The van der Waals surface area contributed by atoms with E-state index in [1.54, 1.807) is 24.3 Å². The average molecular weight is 404 g/mol. The lowest BCUT2D eigenvalue weighted by Gasteiger charge is -2.55. The number of nitrogens with one attached hydrogen (secondary N) is 3. The van der Waals surface area contributed by atoms with Gasteiger partial charge in [0.1, 0.15) is 0 Å². The Morgan fingerprint density at radius 2 is 1.39 bits per heavy atom. The Balaban J connectivity index is 1.21. The van der Waals surface area contributed by atoms with Crippen LogP contribution in [0.1, 0.15) is 38.5 Å². The van der Waals surface area contributed by atoms with Crippen molar-refractivity contribution < 1.29 is 14.4 Å². The molecule has 1 aromatic carbocycles. The number of benzene rings is 1. The molecule has 0 radical (unpaired) electrons. The lowest BCUT2D eigenvalue weighted by molar-refractivity contribution is -0.147. The minimum Gasteiger partial charge on any atom is -0.347 e. The molecule has 4 saturated carbocycles. The fourth-order valence-corrected chi connectivity index (χ4v) is 5.84. The van der Waals surface area contributed by atoms with Gasteiger partial charge < -0.3 is 16.0 Å². The van der Waals surface area contributed by atoms with Gasteiger partial charge in [-0.2, -0.15) is 0 Å². The molecule has 4 aliphatic rings. The summed E-state index contributed by atoms with van der Waals surface area (Å²) in [6, 6.07) is 6.73. The smallest absolute Gasteiger partial charge is 0.243 e. The molecule has 0 aliphatic heterocycles. The van der Waals surface area contributed by atoms with E-state index >= 15 is 0 Å². The van der Waals surface area contributed by atoms with Crippen LogP contribution in [0.4, 0.5) is 5.69 Å². The van der Waals surface area contributed by atoms with Crippen LogP contribution in [0.25, 0.3) is 0 Å². The number of halogens is 1. The molecule has 150 valence electrons. The number of carbonyl (C=O) groups is 3. The van der Waals surface area contributed by atoms with Gasteiger partial charge in [-0.15, -0.1) is 0 Å². The van der Waals surface area contributed by atoms with Gasteiger partial charge in [-0.05, 0) is 80.5 Å². The van der Waals surface area contributed by atoms with Gasteiger partial charge >= 0.3 is 0 Å². The molecular formula is C21H26ClN3O3.